The van der Waals surface area contributed by atoms with E-state index in [-0.39, 0.29) is 18.4 Å². The summed E-state index contributed by atoms with van der Waals surface area (Å²) < 4.78 is 5.37. The number of carbonyl (C=O) groups is 1. The fourth-order valence-corrected chi connectivity index (χ4v) is 4.54. The zero-order valence-electron chi connectivity index (χ0n) is 14.6. The van der Waals surface area contributed by atoms with E-state index in [4.69, 9.17) is 4.74 Å². The summed E-state index contributed by atoms with van der Waals surface area (Å²) in [6.45, 7) is 4.92. The van der Waals surface area contributed by atoms with Crippen molar-refractivity contribution >= 4 is 28.1 Å². The van der Waals surface area contributed by atoms with Crippen molar-refractivity contribution in [2.75, 3.05) is 36.1 Å². The molecule has 0 bridgehead atoms. The van der Waals surface area contributed by atoms with E-state index in [0.717, 1.165) is 30.3 Å². The van der Waals surface area contributed by atoms with Gasteiger partial charge in [0.15, 0.2) is 5.13 Å². The van der Waals surface area contributed by atoms with E-state index >= 15 is 0 Å². The minimum absolute atomic E-state index is 0.00206. The zero-order chi connectivity index (χ0) is 18.1. The Morgan fingerprint density at radius 3 is 2.92 bits per heavy atom. The van der Waals surface area contributed by atoms with Crippen molar-refractivity contribution in [1.82, 2.24) is 4.98 Å². The Morgan fingerprint density at radius 1 is 1.38 bits per heavy atom. The van der Waals surface area contributed by atoms with Crippen molar-refractivity contribution in [3.8, 4) is 6.07 Å². The molecule has 1 unspecified atom stereocenters. The topological polar surface area (TPSA) is 69.5 Å². The van der Waals surface area contributed by atoms with Crippen LogP contribution in [-0.4, -0.2) is 43.2 Å². The fraction of sp³-hybridized carbons (Fsp3) is 0.421. The number of benzene rings is 1. The molecule has 1 saturated heterocycles. The second-order valence-electron chi connectivity index (χ2n) is 6.61. The van der Waals surface area contributed by atoms with Crippen LogP contribution in [0.4, 0.5) is 10.8 Å². The normalized spacial score (nSPS) is 19.3. The number of fused-ring (bicyclic) bond motifs is 1. The van der Waals surface area contributed by atoms with Gasteiger partial charge >= 0.3 is 0 Å². The molecule has 3 heterocycles. The number of nitrogens with zero attached hydrogens (tertiary/aromatic N) is 4. The first-order chi connectivity index (χ1) is 12.7. The van der Waals surface area contributed by atoms with Crippen LogP contribution in [0.15, 0.2) is 24.3 Å². The van der Waals surface area contributed by atoms with E-state index < -0.39 is 0 Å². The summed E-state index contributed by atoms with van der Waals surface area (Å²) in [5.41, 5.74) is 2.76. The Balaban J connectivity index is 1.56. The predicted octanol–water partition coefficient (Wildman–Crippen LogP) is 2.37. The lowest BCUT2D eigenvalue weighted by Gasteiger charge is -2.26. The van der Waals surface area contributed by atoms with Crippen LogP contribution in [0.2, 0.25) is 0 Å². The fourth-order valence-electron chi connectivity index (χ4n) is 3.61. The first-order valence-electron chi connectivity index (χ1n) is 8.80. The highest BCUT2D eigenvalue weighted by Gasteiger charge is 2.31. The van der Waals surface area contributed by atoms with Crippen LogP contribution in [0.1, 0.15) is 23.1 Å². The second kappa shape index (κ2) is 7.06. The number of carbonyl (C=O) groups excluding carboxylic acids is 1. The Hall–Kier alpha value is -2.43. The molecule has 0 saturated carbocycles. The first kappa shape index (κ1) is 17.0. The van der Waals surface area contributed by atoms with Crippen molar-refractivity contribution in [3.05, 3.63) is 40.4 Å². The van der Waals surface area contributed by atoms with Crippen LogP contribution < -0.4 is 9.80 Å². The molecule has 0 N–H and O–H groups in total. The monoisotopic (exact) mass is 368 g/mol. The number of ether oxygens (including phenoxy) is 1. The van der Waals surface area contributed by atoms with Gasteiger partial charge in [-0.1, -0.05) is 29.5 Å². The molecule has 1 amide bonds. The molecule has 1 aromatic heterocycles. The molecule has 2 aromatic rings. The number of hydrogen-bond donors (Lipinski definition) is 0. The van der Waals surface area contributed by atoms with Crippen LogP contribution in [-0.2, 0) is 22.4 Å². The third-order valence-electron chi connectivity index (χ3n) is 4.86. The van der Waals surface area contributed by atoms with Crippen molar-refractivity contribution in [3.63, 3.8) is 0 Å². The molecule has 1 atom stereocenters. The highest BCUT2D eigenvalue weighted by Crippen LogP contribution is 2.33. The van der Waals surface area contributed by atoms with E-state index in [1.807, 2.05) is 23.1 Å². The molecule has 26 heavy (non-hydrogen) atoms. The summed E-state index contributed by atoms with van der Waals surface area (Å²) in [4.78, 5) is 22.1. The number of aromatic nitrogens is 1. The molecule has 2 aliphatic heterocycles. The maximum Gasteiger partial charge on any atom is 0.233 e. The van der Waals surface area contributed by atoms with Crippen LogP contribution in [0, 0.1) is 11.3 Å². The number of para-hydroxylation sites is 1. The minimum atomic E-state index is -0.00206. The summed E-state index contributed by atoms with van der Waals surface area (Å²) >= 11 is 1.36. The second-order valence-corrected chi connectivity index (χ2v) is 7.58. The average molecular weight is 368 g/mol. The average Bonchev–Trinajstić information content (AvgIpc) is 3.22. The molecular weight excluding hydrogens is 348 g/mol. The van der Waals surface area contributed by atoms with E-state index in [9.17, 15) is 10.1 Å². The molecule has 1 fully saturated rings. The van der Waals surface area contributed by atoms with Gasteiger partial charge in [-0.05, 0) is 25.0 Å². The molecule has 1 aromatic carbocycles. The molecule has 0 aliphatic carbocycles. The van der Waals surface area contributed by atoms with Crippen LogP contribution in [0.5, 0.6) is 0 Å². The number of hydrogen-bond acceptors (Lipinski definition) is 6. The predicted molar refractivity (Wildman–Crippen MR) is 101 cm³/mol. The molecule has 134 valence electrons. The van der Waals surface area contributed by atoms with Crippen molar-refractivity contribution in [2.45, 2.75) is 25.8 Å². The summed E-state index contributed by atoms with van der Waals surface area (Å²) in [5, 5.41) is 10.3. The number of rotatable bonds is 3. The Morgan fingerprint density at radius 2 is 2.15 bits per heavy atom. The Kier molecular flexibility index (Phi) is 4.62. The van der Waals surface area contributed by atoms with Gasteiger partial charge in [-0.25, -0.2) is 4.98 Å². The number of thiazole rings is 1. The molecule has 4 rings (SSSR count). The summed E-state index contributed by atoms with van der Waals surface area (Å²) in [5.74, 6) is -0.00206. The van der Waals surface area contributed by atoms with E-state index in [0.29, 0.717) is 23.8 Å². The van der Waals surface area contributed by atoms with Gasteiger partial charge < -0.3 is 14.5 Å². The summed E-state index contributed by atoms with van der Waals surface area (Å²) in [6.07, 6.45) is 1.02. The van der Waals surface area contributed by atoms with Gasteiger partial charge in [0.05, 0.1) is 25.3 Å². The van der Waals surface area contributed by atoms with Gasteiger partial charge in [0.1, 0.15) is 10.9 Å². The highest BCUT2D eigenvalue weighted by molar-refractivity contribution is 7.16. The van der Waals surface area contributed by atoms with E-state index in [2.05, 4.69) is 28.9 Å². The number of amides is 1. The van der Waals surface area contributed by atoms with Crippen LogP contribution in [0.25, 0.3) is 0 Å². The molecular formula is C19H20N4O2S. The van der Waals surface area contributed by atoms with Crippen molar-refractivity contribution in [2.24, 2.45) is 0 Å². The third-order valence-corrected chi connectivity index (χ3v) is 5.93. The minimum Gasteiger partial charge on any atom is -0.378 e. The largest absolute Gasteiger partial charge is 0.378 e. The van der Waals surface area contributed by atoms with Crippen LogP contribution in [0.3, 0.4) is 0 Å². The molecule has 0 spiro atoms. The van der Waals surface area contributed by atoms with E-state index in [1.54, 1.807) is 0 Å². The zero-order valence-corrected chi connectivity index (χ0v) is 15.5. The lowest BCUT2D eigenvalue weighted by molar-refractivity contribution is -0.118. The van der Waals surface area contributed by atoms with Gasteiger partial charge in [0, 0.05) is 24.8 Å². The number of anilines is 2. The molecule has 0 radical (unpaired) electrons. The van der Waals surface area contributed by atoms with Crippen molar-refractivity contribution in [1.29, 1.82) is 5.26 Å². The quantitative estimate of drug-likeness (QED) is 0.832. The van der Waals surface area contributed by atoms with Crippen molar-refractivity contribution < 1.29 is 9.53 Å². The Bertz CT molecular complexity index is 867. The van der Waals surface area contributed by atoms with Gasteiger partial charge in [-0.3, -0.25) is 4.79 Å². The maximum atomic E-state index is 13.0. The third kappa shape index (κ3) is 3.06. The SMILES string of the molecule is CC1Cc2ccccc2N1C(=O)Cc1nc(N2CCOCC2)sc1C#N. The van der Waals surface area contributed by atoms with E-state index in [1.165, 1.54) is 16.9 Å². The van der Waals surface area contributed by atoms with Gasteiger partial charge in [-0.15, -0.1) is 0 Å². The van der Waals surface area contributed by atoms with Gasteiger partial charge in [-0.2, -0.15) is 5.26 Å². The Labute approximate surface area is 156 Å². The lowest BCUT2D eigenvalue weighted by atomic mass is 10.1. The number of nitriles is 1. The van der Waals surface area contributed by atoms with Crippen LogP contribution >= 0.6 is 11.3 Å². The maximum absolute atomic E-state index is 13.0. The summed E-state index contributed by atoms with van der Waals surface area (Å²) in [6, 6.07) is 10.4. The summed E-state index contributed by atoms with van der Waals surface area (Å²) in [7, 11) is 0. The standard InChI is InChI=1S/C19H20N4O2S/c1-13-10-14-4-2-3-5-16(14)23(13)18(24)11-15-17(12-20)26-19(21-15)22-6-8-25-9-7-22/h2-5,13H,6-11H2,1H3. The smallest absolute Gasteiger partial charge is 0.233 e. The first-order valence-corrected chi connectivity index (χ1v) is 9.61. The van der Waals surface area contributed by atoms with Gasteiger partial charge in [0.25, 0.3) is 0 Å². The molecule has 6 nitrogen and oxygen atoms in total. The highest BCUT2D eigenvalue weighted by atomic mass is 32.1. The van der Waals surface area contributed by atoms with Gasteiger partial charge in [0.2, 0.25) is 5.91 Å². The lowest BCUT2D eigenvalue weighted by Crippen LogP contribution is -2.37. The molecule has 7 heteroatoms. The molecule has 2 aliphatic rings. The number of morpholine rings is 1.